The molecule has 1 heterocycles. The van der Waals surface area contributed by atoms with Gasteiger partial charge >= 0.3 is 0 Å². The summed E-state index contributed by atoms with van der Waals surface area (Å²) in [5.74, 6) is 6.74. The summed E-state index contributed by atoms with van der Waals surface area (Å²) in [4.78, 5) is 12.3. The van der Waals surface area contributed by atoms with Crippen molar-refractivity contribution in [3.63, 3.8) is 0 Å². The second-order valence-electron chi connectivity index (χ2n) is 4.26. The molecule has 0 aromatic carbocycles. The molecule has 0 spiro atoms. The summed E-state index contributed by atoms with van der Waals surface area (Å²) in [6.45, 7) is 8.55. The third kappa shape index (κ3) is 3.00. The van der Waals surface area contributed by atoms with Crippen molar-refractivity contribution in [3.8, 4) is 0 Å². The summed E-state index contributed by atoms with van der Waals surface area (Å²) >= 11 is 5.81. The van der Waals surface area contributed by atoms with E-state index in [0.717, 1.165) is 0 Å². The van der Waals surface area contributed by atoms with E-state index < -0.39 is 0 Å². The molecule has 0 bridgehead atoms. The second kappa shape index (κ2) is 4.28. The highest BCUT2D eigenvalue weighted by atomic mass is 35.5. The van der Waals surface area contributed by atoms with E-state index in [1.807, 2.05) is 27.7 Å². The molecule has 1 aromatic heterocycles. The standard InChI is InChI=1S/C9H16ClN5/c1-5-15(11)8-13-6(9(2,3)4)12-7(10)14-8/h5,11H2,1-4H3. The number of halogens is 1. The second-order valence-corrected chi connectivity index (χ2v) is 4.60. The number of aromatic nitrogens is 3. The van der Waals surface area contributed by atoms with Gasteiger partial charge in [-0.3, -0.25) is 5.01 Å². The summed E-state index contributed by atoms with van der Waals surface area (Å²) in [5, 5.41) is 1.61. The van der Waals surface area contributed by atoms with E-state index in [1.54, 1.807) is 0 Å². The molecule has 0 aliphatic rings. The van der Waals surface area contributed by atoms with E-state index >= 15 is 0 Å². The maximum atomic E-state index is 5.81. The van der Waals surface area contributed by atoms with Gasteiger partial charge in [-0.15, -0.1) is 0 Å². The van der Waals surface area contributed by atoms with Crippen molar-refractivity contribution >= 4 is 17.5 Å². The molecule has 0 unspecified atom stereocenters. The van der Waals surface area contributed by atoms with Gasteiger partial charge < -0.3 is 0 Å². The molecule has 1 aromatic rings. The Kier molecular flexibility index (Phi) is 3.46. The number of rotatable bonds is 2. The lowest BCUT2D eigenvalue weighted by molar-refractivity contribution is 0.540. The zero-order valence-corrected chi connectivity index (χ0v) is 10.2. The molecule has 2 N–H and O–H groups in total. The van der Waals surface area contributed by atoms with Crippen LogP contribution in [0.1, 0.15) is 33.5 Å². The van der Waals surface area contributed by atoms with Crippen molar-refractivity contribution in [1.82, 2.24) is 15.0 Å². The van der Waals surface area contributed by atoms with E-state index in [9.17, 15) is 0 Å². The number of hydrazine groups is 1. The van der Waals surface area contributed by atoms with Gasteiger partial charge in [0.1, 0.15) is 5.82 Å². The fourth-order valence-corrected chi connectivity index (χ4v) is 1.10. The Hall–Kier alpha value is -0.940. The molecule has 0 aliphatic heterocycles. The van der Waals surface area contributed by atoms with Gasteiger partial charge in [-0.1, -0.05) is 20.8 Å². The minimum Gasteiger partial charge on any atom is -0.279 e. The van der Waals surface area contributed by atoms with Crippen molar-refractivity contribution in [1.29, 1.82) is 0 Å². The third-order valence-corrected chi connectivity index (χ3v) is 2.03. The van der Waals surface area contributed by atoms with Crippen molar-refractivity contribution in [2.75, 3.05) is 11.6 Å². The lowest BCUT2D eigenvalue weighted by atomic mass is 9.96. The molecule has 1 rings (SSSR count). The highest BCUT2D eigenvalue weighted by molar-refractivity contribution is 6.28. The van der Waals surface area contributed by atoms with Gasteiger partial charge in [0.25, 0.3) is 0 Å². The van der Waals surface area contributed by atoms with Crippen LogP contribution in [0.25, 0.3) is 0 Å². The molecular formula is C9H16ClN5. The van der Waals surface area contributed by atoms with Crippen molar-refractivity contribution in [2.45, 2.75) is 33.1 Å². The largest absolute Gasteiger partial charge is 0.279 e. The Bertz CT molecular complexity index is 347. The number of hydrogen-bond donors (Lipinski definition) is 1. The Labute approximate surface area is 94.7 Å². The third-order valence-electron chi connectivity index (χ3n) is 1.86. The quantitative estimate of drug-likeness (QED) is 0.615. The number of nitrogens with zero attached hydrogens (tertiary/aromatic N) is 4. The molecule has 0 atom stereocenters. The first-order valence-corrected chi connectivity index (χ1v) is 5.16. The monoisotopic (exact) mass is 229 g/mol. The van der Waals surface area contributed by atoms with Crippen LogP contribution in [0, 0.1) is 0 Å². The number of anilines is 1. The minimum absolute atomic E-state index is 0.171. The summed E-state index contributed by atoms with van der Waals surface area (Å²) < 4.78 is 0. The van der Waals surface area contributed by atoms with Crippen LogP contribution in [0.4, 0.5) is 5.95 Å². The molecule has 84 valence electrons. The van der Waals surface area contributed by atoms with Gasteiger partial charge in [-0.2, -0.15) is 9.97 Å². The molecule has 15 heavy (non-hydrogen) atoms. The van der Waals surface area contributed by atoms with Crippen LogP contribution < -0.4 is 10.9 Å². The van der Waals surface area contributed by atoms with Crippen molar-refractivity contribution in [2.24, 2.45) is 5.84 Å². The molecule has 6 heteroatoms. The van der Waals surface area contributed by atoms with Crippen LogP contribution in [0.3, 0.4) is 0 Å². The average molecular weight is 230 g/mol. The van der Waals surface area contributed by atoms with Gasteiger partial charge in [0.15, 0.2) is 0 Å². The maximum Gasteiger partial charge on any atom is 0.244 e. The van der Waals surface area contributed by atoms with Gasteiger partial charge in [-0.05, 0) is 18.5 Å². The number of hydrogen-bond acceptors (Lipinski definition) is 5. The van der Waals surface area contributed by atoms with Crippen molar-refractivity contribution < 1.29 is 0 Å². The van der Waals surface area contributed by atoms with Gasteiger partial charge in [0.2, 0.25) is 11.2 Å². The van der Waals surface area contributed by atoms with Crippen LogP contribution in [-0.4, -0.2) is 21.5 Å². The Morgan fingerprint density at radius 1 is 1.27 bits per heavy atom. The lowest BCUT2D eigenvalue weighted by Crippen LogP contribution is -2.33. The fraction of sp³-hybridized carbons (Fsp3) is 0.667. The molecular weight excluding hydrogens is 214 g/mol. The zero-order chi connectivity index (χ0) is 11.6. The Morgan fingerprint density at radius 2 is 1.87 bits per heavy atom. The van der Waals surface area contributed by atoms with Crippen LogP contribution >= 0.6 is 11.6 Å². The fourth-order valence-electron chi connectivity index (χ4n) is 0.945. The van der Waals surface area contributed by atoms with E-state index in [0.29, 0.717) is 18.3 Å². The summed E-state index contributed by atoms with van der Waals surface area (Å²) in [6, 6.07) is 0. The van der Waals surface area contributed by atoms with E-state index in [4.69, 9.17) is 17.4 Å². The molecule has 0 fully saturated rings. The smallest absolute Gasteiger partial charge is 0.244 e. The maximum absolute atomic E-state index is 5.81. The van der Waals surface area contributed by atoms with Crippen LogP contribution in [0.15, 0.2) is 0 Å². The first kappa shape index (κ1) is 12.1. The topological polar surface area (TPSA) is 67.9 Å². The molecule has 0 aliphatic carbocycles. The van der Waals surface area contributed by atoms with E-state index in [2.05, 4.69) is 15.0 Å². The first-order valence-electron chi connectivity index (χ1n) is 4.79. The highest BCUT2D eigenvalue weighted by Crippen LogP contribution is 2.20. The molecule has 0 saturated carbocycles. The average Bonchev–Trinajstić information content (AvgIpc) is 2.14. The predicted octanol–water partition coefficient (Wildman–Crippen LogP) is 1.52. The first-order chi connectivity index (χ1) is 6.84. The van der Waals surface area contributed by atoms with Gasteiger partial charge in [0, 0.05) is 12.0 Å². The van der Waals surface area contributed by atoms with Crippen LogP contribution in [0.5, 0.6) is 0 Å². The van der Waals surface area contributed by atoms with Gasteiger partial charge in [0.05, 0.1) is 0 Å². The normalized spacial score (nSPS) is 11.6. The molecule has 5 nitrogen and oxygen atoms in total. The highest BCUT2D eigenvalue weighted by Gasteiger charge is 2.20. The summed E-state index contributed by atoms with van der Waals surface area (Å²) in [7, 11) is 0. The molecule has 0 radical (unpaired) electrons. The van der Waals surface area contributed by atoms with Crippen LogP contribution in [-0.2, 0) is 5.41 Å². The summed E-state index contributed by atoms with van der Waals surface area (Å²) in [5.41, 5.74) is -0.171. The lowest BCUT2D eigenvalue weighted by Gasteiger charge is -2.19. The Balaban J connectivity index is 3.17. The Morgan fingerprint density at radius 3 is 2.33 bits per heavy atom. The predicted molar refractivity (Wildman–Crippen MR) is 60.7 cm³/mol. The van der Waals surface area contributed by atoms with E-state index in [1.165, 1.54) is 5.01 Å². The van der Waals surface area contributed by atoms with Gasteiger partial charge in [-0.25, -0.2) is 10.8 Å². The minimum atomic E-state index is -0.171. The van der Waals surface area contributed by atoms with E-state index in [-0.39, 0.29) is 10.7 Å². The number of nitrogens with two attached hydrogens (primary N) is 1. The SMILES string of the molecule is CCN(N)c1nc(Cl)nc(C(C)(C)C)n1. The molecule has 0 saturated heterocycles. The zero-order valence-electron chi connectivity index (χ0n) is 9.45. The van der Waals surface area contributed by atoms with Crippen molar-refractivity contribution in [3.05, 3.63) is 11.1 Å². The molecule has 0 amide bonds. The summed E-state index contributed by atoms with van der Waals surface area (Å²) in [6.07, 6.45) is 0. The van der Waals surface area contributed by atoms with Crippen LogP contribution in [0.2, 0.25) is 5.28 Å².